The molecule has 0 aromatic heterocycles. The van der Waals surface area contributed by atoms with Gasteiger partial charge in [0.1, 0.15) is 5.75 Å². The van der Waals surface area contributed by atoms with Gasteiger partial charge in [-0.15, -0.1) is 0 Å². The second-order valence-electron chi connectivity index (χ2n) is 2.30. The minimum absolute atomic E-state index is 0.133. The van der Waals surface area contributed by atoms with Gasteiger partial charge in [0.05, 0.1) is 18.1 Å². The molecule has 0 unspecified atom stereocenters. The van der Waals surface area contributed by atoms with Gasteiger partial charge < -0.3 is 5.11 Å². The van der Waals surface area contributed by atoms with E-state index in [0.717, 1.165) is 4.47 Å². The highest BCUT2D eigenvalue weighted by molar-refractivity contribution is 9.10. The summed E-state index contributed by atoms with van der Waals surface area (Å²) in [5, 5.41) is 17.6. The molecule has 0 aliphatic rings. The molecule has 0 aliphatic heterocycles. The molecule has 0 radical (unpaired) electrons. The topological polar surface area (TPSA) is 44.0 Å². The number of phenols is 1. The van der Waals surface area contributed by atoms with Crippen LogP contribution < -0.4 is 0 Å². The number of hydrogen-bond donors (Lipinski definition) is 1. The van der Waals surface area contributed by atoms with Crippen LogP contribution in [0.5, 0.6) is 5.75 Å². The highest BCUT2D eigenvalue weighted by Crippen LogP contribution is 2.20. The van der Waals surface area contributed by atoms with Crippen molar-refractivity contribution in [3.63, 3.8) is 0 Å². The van der Waals surface area contributed by atoms with Gasteiger partial charge in [-0.05, 0) is 18.2 Å². The van der Waals surface area contributed by atoms with Crippen LogP contribution in [-0.4, -0.2) is 5.11 Å². The molecule has 64 valence electrons. The molecule has 0 bridgehead atoms. The summed E-state index contributed by atoms with van der Waals surface area (Å²) >= 11 is 3.26. The van der Waals surface area contributed by atoms with E-state index in [2.05, 4.69) is 27.8 Å². The van der Waals surface area contributed by atoms with Gasteiger partial charge >= 0.3 is 0 Å². The van der Waals surface area contributed by atoms with Crippen LogP contribution in [0.3, 0.4) is 0 Å². The number of benzene rings is 1. The van der Waals surface area contributed by atoms with Crippen LogP contribution in [0.4, 0.5) is 0 Å². The zero-order valence-corrected chi connectivity index (χ0v) is 8.30. The molecule has 2 nitrogen and oxygen atoms in total. The Morgan fingerprint density at radius 1 is 1.46 bits per heavy atom. The molecule has 0 spiro atoms. The Morgan fingerprint density at radius 2 is 2.23 bits per heavy atom. The lowest BCUT2D eigenvalue weighted by molar-refractivity contribution is 0.473. The maximum atomic E-state index is 9.33. The summed E-state index contributed by atoms with van der Waals surface area (Å²) in [4.78, 5) is 0. The lowest BCUT2D eigenvalue weighted by Gasteiger charge is -1.96. The van der Waals surface area contributed by atoms with Crippen LogP contribution in [0, 0.1) is 23.2 Å². The fourth-order valence-electron chi connectivity index (χ4n) is 0.787. The van der Waals surface area contributed by atoms with Crippen LogP contribution in [0.2, 0.25) is 0 Å². The Hall–Kier alpha value is -1.45. The third-order valence-corrected chi connectivity index (χ3v) is 1.84. The van der Waals surface area contributed by atoms with Gasteiger partial charge in [0.15, 0.2) is 0 Å². The monoisotopic (exact) mass is 235 g/mol. The van der Waals surface area contributed by atoms with Crippen molar-refractivity contribution in [2.75, 3.05) is 0 Å². The van der Waals surface area contributed by atoms with E-state index in [1.165, 1.54) is 0 Å². The molecule has 1 aromatic rings. The van der Waals surface area contributed by atoms with E-state index in [0.29, 0.717) is 5.56 Å². The maximum Gasteiger partial charge on any atom is 0.131 e. The lowest BCUT2D eigenvalue weighted by atomic mass is 10.2. The fourth-order valence-corrected chi connectivity index (χ4v) is 1.15. The number of aromatic hydroxyl groups is 1. The third-order valence-electron chi connectivity index (χ3n) is 1.35. The smallest absolute Gasteiger partial charge is 0.131 e. The normalized spacial score (nSPS) is 8.31. The molecule has 1 aromatic carbocycles. The second-order valence-corrected chi connectivity index (χ2v) is 3.21. The van der Waals surface area contributed by atoms with Crippen molar-refractivity contribution in [1.29, 1.82) is 5.26 Å². The van der Waals surface area contributed by atoms with E-state index in [1.54, 1.807) is 18.2 Å². The van der Waals surface area contributed by atoms with E-state index in [9.17, 15) is 5.11 Å². The summed E-state index contributed by atoms with van der Waals surface area (Å²) in [7, 11) is 0. The van der Waals surface area contributed by atoms with Gasteiger partial charge in [-0.3, -0.25) is 0 Å². The predicted octanol–water partition coefficient (Wildman–Crippen LogP) is 2.42. The first-order chi connectivity index (χ1) is 6.24. The van der Waals surface area contributed by atoms with Crippen molar-refractivity contribution in [3.8, 4) is 23.7 Å². The van der Waals surface area contributed by atoms with Crippen LogP contribution in [0.25, 0.3) is 0 Å². The number of nitrogens with zero attached hydrogens (tertiary/aromatic N) is 1. The Kier molecular flexibility index (Phi) is 3.37. The van der Waals surface area contributed by atoms with Crippen LogP contribution in [0.15, 0.2) is 22.7 Å². The lowest BCUT2D eigenvalue weighted by Crippen LogP contribution is -1.76. The molecule has 0 atom stereocenters. The van der Waals surface area contributed by atoms with Gasteiger partial charge in [-0.25, -0.2) is 0 Å². The molecule has 0 heterocycles. The average molecular weight is 236 g/mol. The fraction of sp³-hybridized carbons (Fsp3) is 0.100. The highest BCUT2D eigenvalue weighted by atomic mass is 79.9. The highest BCUT2D eigenvalue weighted by Gasteiger charge is 1.96. The van der Waals surface area contributed by atoms with Crippen LogP contribution >= 0.6 is 15.9 Å². The Balaban J connectivity index is 2.97. The minimum atomic E-state index is 0.133. The molecular formula is C10H6BrNO. The van der Waals surface area contributed by atoms with Crippen molar-refractivity contribution < 1.29 is 5.11 Å². The summed E-state index contributed by atoms with van der Waals surface area (Å²) in [5.41, 5.74) is 0.532. The standard InChI is InChI=1S/C10H6BrNO/c11-9-4-5-10(13)8(7-9)3-1-2-6-12/h4-5,7,13H,2H2. The van der Waals surface area contributed by atoms with Crippen LogP contribution in [0.1, 0.15) is 12.0 Å². The van der Waals surface area contributed by atoms with Gasteiger partial charge in [-0.2, -0.15) is 5.26 Å². The quantitative estimate of drug-likeness (QED) is 0.703. The molecule has 0 amide bonds. The number of rotatable bonds is 0. The number of phenolic OH excluding ortho intramolecular Hbond substituents is 1. The number of hydrogen-bond acceptors (Lipinski definition) is 2. The Labute approximate surface area is 84.9 Å². The summed E-state index contributed by atoms with van der Waals surface area (Å²) in [5.74, 6) is 5.46. The number of halogens is 1. The van der Waals surface area contributed by atoms with E-state index >= 15 is 0 Å². The van der Waals surface area contributed by atoms with Crippen molar-refractivity contribution in [2.45, 2.75) is 6.42 Å². The molecule has 1 N–H and O–H groups in total. The van der Waals surface area contributed by atoms with Crippen molar-refractivity contribution in [3.05, 3.63) is 28.2 Å². The molecule has 0 saturated carbocycles. The zero-order valence-electron chi connectivity index (χ0n) is 6.71. The first-order valence-electron chi connectivity index (χ1n) is 3.58. The zero-order chi connectivity index (χ0) is 9.68. The molecule has 0 aliphatic carbocycles. The third kappa shape index (κ3) is 2.82. The largest absolute Gasteiger partial charge is 0.507 e. The first kappa shape index (κ1) is 9.64. The first-order valence-corrected chi connectivity index (χ1v) is 4.37. The molecule has 3 heteroatoms. The van der Waals surface area contributed by atoms with Gasteiger partial charge in [0.25, 0.3) is 0 Å². The van der Waals surface area contributed by atoms with Crippen LogP contribution in [-0.2, 0) is 0 Å². The van der Waals surface area contributed by atoms with E-state index in [1.807, 2.05) is 6.07 Å². The maximum absolute atomic E-state index is 9.33. The summed E-state index contributed by atoms with van der Waals surface area (Å²) in [6, 6.07) is 6.90. The molecule has 13 heavy (non-hydrogen) atoms. The molecule has 0 saturated heterocycles. The average Bonchev–Trinajstić information content (AvgIpc) is 2.11. The summed E-state index contributed by atoms with van der Waals surface area (Å²) in [6.07, 6.45) is 0.173. The molecular weight excluding hydrogens is 230 g/mol. The number of nitriles is 1. The van der Waals surface area contributed by atoms with Gasteiger partial charge in [-0.1, -0.05) is 27.8 Å². The SMILES string of the molecule is N#CCC#Cc1cc(Br)ccc1O. The second kappa shape index (κ2) is 4.54. The van der Waals surface area contributed by atoms with E-state index in [-0.39, 0.29) is 12.2 Å². The molecule has 0 fully saturated rings. The van der Waals surface area contributed by atoms with Gasteiger partial charge in [0.2, 0.25) is 0 Å². The Bertz CT molecular complexity index is 409. The Morgan fingerprint density at radius 3 is 2.92 bits per heavy atom. The van der Waals surface area contributed by atoms with Gasteiger partial charge in [0, 0.05) is 4.47 Å². The van der Waals surface area contributed by atoms with Crippen molar-refractivity contribution in [2.24, 2.45) is 0 Å². The van der Waals surface area contributed by atoms with E-state index in [4.69, 9.17) is 5.26 Å². The van der Waals surface area contributed by atoms with E-state index < -0.39 is 0 Å². The summed E-state index contributed by atoms with van der Waals surface area (Å²) < 4.78 is 0.853. The van der Waals surface area contributed by atoms with Crippen molar-refractivity contribution >= 4 is 15.9 Å². The minimum Gasteiger partial charge on any atom is -0.507 e. The predicted molar refractivity (Wildman–Crippen MR) is 52.9 cm³/mol. The molecule has 1 rings (SSSR count). The van der Waals surface area contributed by atoms with Crippen molar-refractivity contribution in [1.82, 2.24) is 0 Å². The summed E-state index contributed by atoms with van der Waals surface area (Å²) in [6.45, 7) is 0.